The van der Waals surface area contributed by atoms with Gasteiger partial charge >= 0.3 is 0 Å². The second kappa shape index (κ2) is 5.54. The van der Waals surface area contributed by atoms with Gasteiger partial charge in [0.25, 0.3) is 0 Å². The first-order valence-corrected chi connectivity index (χ1v) is 5.61. The summed E-state index contributed by atoms with van der Waals surface area (Å²) < 4.78 is 0. The number of carbonyl (C=O) groups is 1. The second-order valence-corrected chi connectivity index (χ2v) is 3.92. The van der Waals surface area contributed by atoms with Crippen molar-refractivity contribution >= 4 is 11.6 Å². The van der Waals surface area contributed by atoms with E-state index in [-0.39, 0.29) is 5.91 Å². The quantitative estimate of drug-likeness (QED) is 0.845. The molecule has 0 saturated carbocycles. The van der Waals surface area contributed by atoms with Crippen LogP contribution in [0.3, 0.4) is 0 Å². The third-order valence-electron chi connectivity index (χ3n) is 2.82. The van der Waals surface area contributed by atoms with Gasteiger partial charge in [0.05, 0.1) is 0 Å². The molecule has 0 aliphatic heterocycles. The maximum atomic E-state index is 11.3. The molecule has 16 heavy (non-hydrogen) atoms. The zero-order chi connectivity index (χ0) is 12.1. The van der Waals surface area contributed by atoms with Crippen LogP contribution in [0, 0.1) is 6.92 Å². The van der Waals surface area contributed by atoms with E-state index in [0.717, 1.165) is 12.2 Å². The fourth-order valence-corrected chi connectivity index (χ4v) is 1.68. The van der Waals surface area contributed by atoms with Crippen molar-refractivity contribution in [2.75, 3.05) is 18.9 Å². The average molecular weight is 220 g/mol. The second-order valence-electron chi connectivity index (χ2n) is 3.92. The minimum absolute atomic E-state index is 0.125. The molecule has 1 rings (SSSR count). The summed E-state index contributed by atoms with van der Waals surface area (Å²) in [6, 6.07) is 6.21. The fourth-order valence-electron chi connectivity index (χ4n) is 1.68. The van der Waals surface area contributed by atoms with Crippen LogP contribution in [0.15, 0.2) is 18.2 Å². The molecule has 0 spiro atoms. The first-order valence-electron chi connectivity index (χ1n) is 5.61. The van der Waals surface area contributed by atoms with Crippen LogP contribution in [-0.2, 0) is 11.3 Å². The van der Waals surface area contributed by atoms with Gasteiger partial charge in [-0.1, -0.05) is 6.07 Å². The van der Waals surface area contributed by atoms with Gasteiger partial charge in [-0.25, -0.2) is 0 Å². The number of hydrogen-bond donors (Lipinski definition) is 1. The van der Waals surface area contributed by atoms with E-state index < -0.39 is 0 Å². The SMILES string of the molecule is CCN(Cc1ccc(NC)cc1C)C(C)=O. The van der Waals surface area contributed by atoms with Crippen molar-refractivity contribution in [3.8, 4) is 0 Å². The highest BCUT2D eigenvalue weighted by Gasteiger charge is 2.08. The molecule has 1 aromatic rings. The van der Waals surface area contributed by atoms with Crippen LogP contribution in [0.5, 0.6) is 0 Å². The molecule has 0 saturated heterocycles. The largest absolute Gasteiger partial charge is 0.388 e. The first kappa shape index (κ1) is 12.6. The average Bonchev–Trinajstić information content (AvgIpc) is 2.26. The molecule has 0 aliphatic rings. The van der Waals surface area contributed by atoms with Gasteiger partial charge < -0.3 is 10.2 Å². The summed E-state index contributed by atoms with van der Waals surface area (Å²) >= 11 is 0. The van der Waals surface area contributed by atoms with Crippen molar-refractivity contribution in [3.05, 3.63) is 29.3 Å². The Morgan fingerprint density at radius 3 is 2.56 bits per heavy atom. The first-order chi connectivity index (χ1) is 7.58. The Balaban J connectivity index is 2.84. The van der Waals surface area contributed by atoms with Gasteiger partial charge in [0.15, 0.2) is 0 Å². The minimum Gasteiger partial charge on any atom is -0.388 e. The van der Waals surface area contributed by atoms with E-state index in [9.17, 15) is 4.79 Å². The topological polar surface area (TPSA) is 32.3 Å². The van der Waals surface area contributed by atoms with Crippen LogP contribution in [0.4, 0.5) is 5.69 Å². The van der Waals surface area contributed by atoms with E-state index in [1.807, 2.05) is 24.9 Å². The maximum Gasteiger partial charge on any atom is 0.219 e. The molecule has 1 amide bonds. The molecule has 0 aromatic heterocycles. The molecule has 0 fully saturated rings. The zero-order valence-corrected chi connectivity index (χ0v) is 10.5. The summed E-state index contributed by atoms with van der Waals surface area (Å²) in [7, 11) is 1.91. The zero-order valence-electron chi connectivity index (χ0n) is 10.5. The van der Waals surface area contributed by atoms with Crippen LogP contribution in [0.2, 0.25) is 0 Å². The third kappa shape index (κ3) is 2.99. The van der Waals surface area contributed by atoms with Crippen molar-refractivity contribution in [2.45, 2.75) is 27.3 Å². The molecule has 0 heterocycles. The lowest BCUT2D eigenvalue weighted by atomic mass is 10.1. The molecule has 0 atom stereocenters. The lowest BCUT2D eigenvalue weighted by Crippen LogP contribution is -2.28. The third-order valence-corrected chi connectivity index (χ3v) is 2.82. The van der Waals surface area contributed by atoms with Crippen molar-refractivity contribution in [3.63, 3.8) is 0 Å². The molecular formula is C13H20N2O. The number of nitrogens with zero attached hydrogens (tertiary/aromatic N) is 1. The van der Waals surface area contributed by atoms with Gasteiger partial charge in [0.1, 0.15) is 0 Å². The summed E-state index contributed by atoms with van der Waals surface area (Å²) in [4.78, 5) is 13.2. The van der Waals surface area contributed by atoms with E-state index in [1.165, 1.54) is 11.1 Å². The molecule has 0 unspecified atom stereocenters. The van der Waals surface area contributed by atoms with Crippen LogP contribution in [0.1, 0.15) is 25.0 Å². The van der Waals surface area contributed by atoms with E-state index in [1.54, 1.807) is 6.92 Å². The highest BCUT2D eigenvalue weighted by Crippen LogP contribution is 2.16. The Hall–Kier alpha value is -1.51. The van der Waals surface area contributed by atoms with Crippen molar-refractivity contribution < 1.29 is 4.79 Å². The number of anilines is 1. The van der Waals surface area contributed by atoms with Gasteiger partial charge in [0, 0.05) is 32.7 Å². The number of hydrogen-bond acceptors (Lipinski definition) is 2. The Kier molecular flexibility index (Phi) is 4.35. The fraction of sp³-hybridized carbons (Fsp3) is 0.462. The minimum atomic E-state index is 0.125. The molecule has 3 nitrogen and oxygen atoms in total. The van der Waals surface area contributed by atoms with Crippen molar-refractivity contribution in [2.24, 2.45) is 0 Å². The smallest absolute Gasteiger partial charge is 0.219 e. The number of nitrogens with one attached hydrogen (secondary N) is 1. The van der Waals surface area contributed by atoms with E-state index in [4.69, 9.17) is 0 Å². The Labute approximate surface area is 97.5 Å². The van der Waals surface area contributed by atoms with Crippen LogP contribution < -0.4 is 5.32 Å². The Morgan fingerprint density at radius 2 is 2.12 bits per heavy atom. The number of rotatable bonds is 4. The highest BCUT2D eigenvalue weighted by atomic mass is 16.2. The number of amides is 1. The van der Waals surface area contributed by atoms with Gasteiger partial charge in [-0.15, -0.1) is 0 Å². The standard InChI is InChI=1S/C13H20N2O/c1-5-15(11(3)16)9-12-6-7-13(14-4)8-10(12)2/h6-8,14H,5,9H2,1-4H3. The van der Waals surface area contributed by atoms with Gasteiger partial charge in [0.2, 0.25) is 5.91 Å². The molecule has 1 aromatic carbocycles. The molecule has 0 radical (unpaired) electrons. The summed E-state index contributed by atoms with van der Waals surface area (Å²) in [6.07, 6.45) is 0. The molecule has 3 heteroatoms. The van der Waals surface area contributed by atoms with Crippen LogP contribution in [-0.4, -0.2) is 24.4 Å². The Morgan fingerprint density at radius 1 is 1.44 bits per heavy atom. The van der Waals surface area contributed by atoms with Crippen LogP contribution in [0.25, 0.3) is 0 Å². The lowest BCUT2D eigenvalue weighted by molar-refractivity contribution is -0.129. The van der Waals surface area contributed by atoms with Gasteiger partial charge in [-0.05, 0) is 37.1 Å². The van der Waals surface area contributed by atoms with E-state index in [0.29, 0.717) is 6.54 Å². The molecule has 1 N–H and O–H groups in total. The molecular weight excluding hydrogens is 200 g/mol. The summed E-state index contributed by atoms with van der Waals surface area (Å²) in [5, 5.41) is 3.10. The predicted molar refractivity (Wildman–Crippen MR) is 67.5 cm³/mol. The maximum absolute atomic E-state index is 11.3. The van der Waals surface area contributed by atoms with Gasteiger partial charge in [-0.2, -0.15) is 0 Å². The van der Waals surface area contributed by atoms with E-state index >= 15 is 0 Å². The summed E-state index contributed by atoms with van der Waals surface area (Å²) in [5.74, 6) is 0.125. The normalized spacial score (nSPS) is 10.0. The number of aryl methyl sites for hydroxylation is 1. The van der Waals surface area contributed by atoms with Gasteiger partial charge in [-0.3, -0.25) is 4.79 Å². The summed E-state index contributed by atoms with van der Waals surface area (Å²) in [5.41, 5.74) is 3.52. The molecule has 0 bridgehead atoms. The molecule has 88 valence electrons. The lowest BCUT2D eigenvalue weighted by Gasteiger charge is -2.20. The summed E-state index contributed by atoms with van der Waals surface area (Å²) in [6.45, 7) is 7.13. The Bertz CT molecular complexity index is 374. The molecule has 0 aliphatic carbocycles. The highest BCUT2D eigenvalue weighted by molar-refractivity contribution is 5.73. The number of carbonyl (C=O) groups excluding carboxylic acids is 1. The monoisotopic (exact) mass is 220 g/mol. The predicted octanol–water partition coefficient (Wildman–Crippen LogP) is 2.41. The van der Waals surface area contributed by atoms with Crippen molar-refractivity contribution in [1.29, 1.82) is 0 Å². The van der Waals surface area contributed by atoms with E-state index in [2.05, 4.69) is 24.4 Å². The number of benzene rings is 1. The van der Waals surface area contributed by atoms with Crippen LogP contribution >= 0.6 is 0 Å². The van der Waals surface area contributed by atoms with Crippen molar-refractivity contribution in [1.82, 2.24) is 4.90 Å².